The second kappa shape index (κ2) is 17.9. The molecule has 2 amide bonds. The van der Waals surface area contributed by atoms with E-state index in [9.17, 15) is 9.59 Å². The fraction of sp³-hybridized carbons (Fsp3) is 0.943. The van der Waals surface area contributed by atoms with Gasteiger partial charge in [-0.1, -0.05) is 52.4 Å². The number of carbonyl (C=O) groups is 2. The van der Waals surface area contributed by atoms with E-state index in [0.29, 0.717) is 24.2 Å². The van der Waals surface area contributed by atoms with E-state index in [-0.39, 0.29) is 0 Å². The van der Waals surface area contributed by atoms with Gasteiger partial charge >= 0.3 is 0 Å². The van der Waals surface area contributed by atoms with Crippen molar-refractivity contribution >= 4 is 11.8 Å². The Morgan fingerprint density at radius 2 is 1.02 bits per heavy atom. The minimum Gasteiger partial charge on any atom is -0.343 e. The van der Waals surface area contributed by atoms with Crippen molar-refractivity contribution in [2.75, 3.05) is 58.9 Å². The number of piperidine rings is 4. The van der Waals surface area contributed by atoms with Crippen LogP contribution >= 0.6 is 0 Å². The van der Waals surface area contributed by atoms with Crippen LogP contribution in [0.4, 0.5) is 0 Å². The molecule has 1 N–H and O–H groups in total. The standard InChI is InChI=1S/C35H64N4O2/c1-29(2)9-10-34(40)38-25-15-32(16-26-38)7-4-8-33-17-27-39(28-18-33)35(41)19-24-37-22-13-31(14-23-37)6-3-5-30-11-20-36-21-12-30/h29-33,36H,3-28H2,1-2H3. The van der Waals surface area contributed by atoms with Crippen LogP contribution in [0.1, 0.15) is 123 Å². The highest BCUT2D eigenvalue weighted by Crippen LogP contribution is 2.29. The Balaban J connectivity index is 0.987. The van der Waals surface area contributed by atoms with Crippen LogP contribution < -0.4 is 5.32 Å². The topological polar surface area (TPSA) is 55.9 Å². The zero-order valence-corrected chi connectivity index (χ0v) is 26.9. The first-order valence-electron chi connectivity index (χ1n) is 17.9. The SMILES string of the molecule is CC(C)CCC(=O)N1CCC(CCCC2CCN(C(=O)CCN3CCC(CCCC4CCNCC4)CC3)CC2)CC1. The van der Waals surface area contributed by atoms with E-state index in [4.69, 9.17) is 0 Å². The molecule has 6 heteroatoms. The molecule has 0 aromatic carbocycles. The summed E-state index contributed by atoms with van der Waals surface area (Å²) in [6, 6.07) is 0. The first-order chi connectivity index (χ1) is 20.0. The minimum atomic E-state index is 0.372. The van der Waals surface area contributed by atoms with Crippen LogP contribution in [-0.4, -0.2) is 85.4 Å². The molecule has 0 aromatic heterocycles. The fourth-order valence-corrected chi connectivity index (χ4v) is 7.98. The van der Waals surface area contributed by atoms with Crippen LogP contribution in [0.3, 0.4) is 0 Å². The number of carbonyl (C=O) groups excluding carboxylic acids is 2. The Morgan fingerprint density at radius 3 is 1.49 bits per heavy atom. The van der Waals surface area contributed by atoms with Gasteiger partial charge in [0.25, 0.3) is 0 Å². The number of hydrogen-bond donors (Lipinski definition) is 1. The third-order valence-electron chi connectivity index (χ3n) is 11.1. The van der Waals surface area contributed by atoms with Gasteiger partial charge in [0.2, 0.25) is 11.8 Å². The van der Waals surface area contributed by atoms with Gasteiger partial charge in [-0.25, -0.2) is 0 Å². The van der Waals surface area contributed by atoms with E-state index in [2.05, 4.69) is 33.9 Å². The van der Waals surface area contributed by atoms with Crippen molar-refractivity contribution in [1.29, 1.82) is 0 Å². The van der Waals surface area contributed by atoms with Gasteiger partial charge in [0.15, 0.2) is 0 Å². The maximum atomic E-state index is 12.9. The highest BCUT2D eigenvalue weighted by molar-refractivity contribution is 5.76. The summed E-state index contributed by atoms with van der Waals surface area (Å²) in [5.41, 5.74) is 0. The van der Waals surface area contributed by atoms with Crippen LogP contribution in [0.5, 0.6) is 0 Å². The molecule has 0 radical (unpaired) electrons. The molecule has 0 atom stereocenters. The van der Waals surface area contributed by atoms with Gasteiger partial charge < -0.3 is 20.0 Å². The van der Waals surface area contributed by atoms with Crippen LogP contribution in [-0.2, 0) is 9.59 Å². The van der Waals surface area contributed by atoms with E-state index in [1.54, 1.807) is 0 Å². The zero-order chi connectivity index (χ0) is 28.9. The lowest BCUT2D eigenvalue weighted by Gasteiger charge is -2.35. The second-order valence-corrected chi connectivity index (χ2v) is 14.7. The molecule has 4 aliphatic heterocycles. The molecule has 236 valence electrons. The number of likely N-dealkylation sites (tertiary alicyclic amines) is 3. The smallest absolute Gasteiger partial charge is 0.223 e. The van der Waals surface area contributed by atoms with Crippen LogP contribution in [0.2, 0.25) is 0 Å². The second-order valence-electron chi connectivity index (χ2n) is 14.7. The van der Waals surface area contributed by atoms with E-state index in [1.165, 1.54) is 116 Å². The van der Waals surface area contributed by atoms with Gasteiger partial charge in [-0.3, -0.25) is 9.59 Å². The highest BCUT2D eigenvalue weighted by atomic mass is 16.2. The van der Waals surface area contributed by atoms with Crippen molar-refractivity contribution in [3.05, 3.63) is 0 Å². The Hall–Kier alpha value is -1.14. The molecular formula is C35H64N4O2. The molecule has 4 heterocycles. The lowest BCUT2D eigenvalue weighted by molar-refractivity contribution is -0.133. The van der Waals surface area contributed by atoms with Gasteiger partial charge in [0.1, 0.15) is 0 Å². The molecule has 0 aliphatic carbocycles. The summed E-state index contributed by atoms with van der Waals surface area (Å²) in [5.74, 6) is 4.86. The first kappa shape index (κ1) is 32.8. The lowest BCUT2D eigenvalue weighted by atomic mass is 9.86. The van der Waals surface area contributed by atoms with Crippen LogP contribution in [0.25, 0.3) is 0 Å². The first-order valence-corrected chi connectivity index (χ1v) is 17.9. The quantitative estimate of drug-likeness (QED) is 0.264. The van der Waals surface area contributed by atoms with Gasteiger partial charge in [0.05, 0.1) is 0 Å². The van der Waals surface area contributed by atoms with Crippen molar-refractivity contribution in [3.8, 4) is 0 Å². The van der Waals surface area contributed by atoms with Crippen molar-refractivity contribution < 1.29 is 9.59 Å². The molecule has 4 aliphatic rings. The summed E-state index contributed by atoms with van der Waals surface area (Å²) in [6.45, 7) is 14.1. The van der Waals surface area contributed by atoms with E-state index in [0.717, 1.165) is 69.2 Å². The molecule has 41 heavy (non-hydrogen) atoms. The lowest BCUT2D eigenvalue weighted by Crippen LogP contribution is -2.41. The third kappa shape index (κ3) is 11.8. The van der Waals surface area contributed by atoms with Crippen molar-refractivity contribution in [2.24, 2.45) is 29.6 Å². The predicted octanol–water partition coefficient (Wildman–Crippen LogP) is 6.34. The molecule has 0 aromatic rings. The molecular weight excluding hydrogens is 508 g/mol. The molecule has 0 unspecified atom stereocenters. The normalized spacial score (nSPS) is 23.0. The number of hydrogen-bond acceptors (Lipinski definition) is 4. The number of rotatable bonds is 14. The molecule has 4 fully saturated rings. The van der Waals surface area contributed by atoms with E-state index < -0.39 is 0 Å². The van der Waals surface area contributed by atoms with Gasteiger partial charge in [-0.15, -0.1) is 0 Å². The fourth-order valence-electron chi connectivity index (χ4n) is 7.98. The maximum Gasteiger partial charge on any atom is 0.223 e. The number of nitrogens with one attached hydrogen (secondary N) is 1. The summed E-state index contributed by atoms with van der Waals surface area (Å²) < 4.78 is 0. The minimum absolute atomic E-state index is 0.372. The summed E-state index contributed by atoms with van der Waals surface area (Å²) in [6.07, 6.45) is 20.9. The Bertz CT molecular complexity index is 743. The Morgan fingerprint density at radius 1 is 0.610 bits per heavy atom. The average molecular weight is 573 g/mol. The van der Waals surface area contributed by atoms with E-state index >= 15 is 0 Å². The van der Waals surface area contributed by atoms with E-state index in [1.807, 2.05) is 0 Å². The monoisotopic (exact) mass is 573 g/mol. The molecule has 0 spiro atoms. The summed E-state index contributed by atoms with van der Waals surface area (Å²) in [5, 5.41) is 3.49. The Kier molecular flexibility index (Phi) is 14.3. The molecule has 4 rings (SSSR count). The number of amides is 2. The summed E-state index contributed by atoms with van der Waals surface area (Å²) in [7, 11) is 0. The summed E-state index contributed by atoms with van der Waals surface area (Å²) >= 11 is 0. The molecule has 0 bridgehead atoms. The average Bonchev–Trinajstić information content (AvgIpc) is 3.00. The maximum absolute atomic E-state index is 12.9. The van der Waals surface area contributed by atoms with Crippen molar-refractivity contribution in [3.63, 3.8) is 0 Å². The van der Waals surface area contributed by atoms with Crippen molar-refractivity contribution in [2.45, 2.75) is 123 Å². The third-order valence-corrected chi connectivity index (χ3v) is 11.1. The predicted molar refractivity (Wildman–Crippen MR) is 170 cm³/mol. The molecule has 0 saturated carbocycles. The van der Waals surface area contributed by atoms with Gasteiger partial charge in [0, 0.05) is 45.6 Å². The molecule has 6 nitrogen and oxygen atoms in total. The number of nitrogens with zero attached hydrogens (tertiary/aromatic N) is 3. The van der Waals surface area contributed by atoms with Crippen molar-refractivity contribution in [1.82, 2.24) is 20.0 Å². The van der Waals surface area contributed by atoms with Crippen LogP contribution in [0, 0.1) is 29.6 Å². The zero-order valence-electron chi connectivity index (χ0n) is 26.9. The van der Waals surface area contributed by atoms with Crippen LogP contribution in [0.15, 0.2) is 0 Å². The largest absolute Gasteiger partial charge is 0.343 e. The Labute approximate surface area is 252 Å². The summed E-state index contributed by atoms with van der Waals surface area (Å²) in [4.78, 5) is 32.2. The van der Waals surface area contributed by atoms with Gasteiger partial charge in [-0.05, 0) is 114 Å². The van der Waals surface area contributed by atoms with Gasteiger partial charge in [-0.2, -0.15) is 0 Å². The highest BCUT2D eigenvalue weighted by Gasteiger charge is 2.26. The molecule has 4 saturated heterocycles.